The fourth-order valence-electron chi connectivity index (χ4n) is 3.35. The van der Waals surface area contributed by atoms with E-state index < -0.39 is 52.1 Å². The van der Waals surface area contributed by atoms with Gasteiger partial charge in [-0.25, -0.2) is 9.59 Å². The van der Waals surface area contributed by atoms with Crippen LogP contribution in [0.3, 0.4) is 0 Å². The van der Waals surface area contributed by atoms with Gasteiger partial charge in [0.2, 0.25) is 5.54 Å². The van der Waals surface area contributed by atoms with Crippen LogP contribution < -0.4 is 10.1 Å². The minimum Gasteiger partial charge on any atom is -0.484 e. The molecule has 144 valence electrons. The van der Waals surface area contributed by atoms with Crippen molar-refractivity contribution in [1.29, 1.82) is 0 Å². The number of β-lactam (4-membered cyclic amide) rings is 1. The fourth-order valence-corrected chi connectivity index (χ4v) is 5.03. The molecule has 2 aliphatic heterocycles. The Labute approximate surface area is 158 Å². The first-order valence-corrected chi connectivity index (χ1v) is 8.95. The molecule has 0 saturated carbocycles. The Balaban J connectivity index is 1.78. The van der Waals surface area contributed by atoms with Gasteiger partial charge in [-0.2, -0.15) is 0 Å². The Morgan fingerprint density at radius 1 is 1.22 bits per heavy atom. The molecule has 0 aromatic heterocycles. The molecule has 2 heterocycles. The van der Waals surface area contributed by atoms with Crippen LogP contribution in [-0.4, -0.2) is 67.2 Å². The van der Waals surface area contributed by atoms with E-state index in [0.29, 0.717) is 5.75 Å². The highest BCUT2D eigenvalue weighted by Gasteiger charge is 2.75. The largest absolute Gasteiger partial charge is 0.484 e. The minimum atomic E-state index is -2.21. The molecule has 0 radical (unpaired) electrons. The zero-order valence-electron chi connectivity index (χ0n) is 14.5. The molecule has 3 rings (SSSR count). The predicted octanol–water partition coefficient (Wildman–Crippen LogP) is 0.152. The van der Waals surface area contributed by atoms with E-state index in [2.05, 4.69) is 5.32 Å². The number of nitrogens with one attached hydrogen (secondary N) is 1. The van der Waals surface area contributed by atoms with E-state index in [1.807, 2.05) is 0 Å². The van der Waals surface area contributed by atoms with Gasteiger partial charge >= 0.3 is 11.9 Å². The second-order valence-electron chi connectivity index (χ2n) is 6.79. The quantitative estimate of drug-likeness (QED) is 0.459. The third kappa shape index (κ3) is 2.89. The van der Waals surface area contributed by atoms with E-state index in [1.165, 1.54) is 0 Å². The van der Waals surface area contributed by atoms with Crippen LogP contribution in [0.15, 0.2) is 30.3 Å². The highest BCUT2D eigenvalue weighted by Crippen LogP contribution is 2.54. The van der Waals surface area contributed by atoms with Crippen molar-refractivity contribution < 1.29 is 34.1 Å². The van der Waals surface area contributed by atoms with Crippen molar-refractivity contribution >= 4 is 35.5 Å². The molecule has 10 heteroatoms. The fraction of sp³-hybridized carbons (Fsp3) is 0.412. The molecule has 1 aromatic rings. The summed E-state index contributed by atoms with van der Waals surface area (Å²) >= 11 is 1.04. The van der Waals surface area contributed by atoms with Crippen molar-refractivity contribution in [2.45, 2.75) is 35.5 Å². The molecule has 0 bridgehead atoms. The molecule has 1 unspecified atom stereocenters. The minimum absolute atomic E-state index is 0.418. The number of carbonyl (C=O) groups excluding carboxylic acids is 2. The van der Waals surface area contributed by atoms with E-state index in [0.717, 1.165) is 16.7 Å². The van der Waals surface area contributed by atoms with Crippen LogP contribution >= 0.6 is 11.8 Å². The number of para-hydroxylation sites is 1. The van der Waals surface area contributed by atoms with Crippen LogP contribution in [0.2, 0.25) is 0 Å². The van der Waals surface area contributed by atoms with Gasteiger partial charge < -0.3 is 25.2 Å². The number of rotatable bonds is 6. The summed E-state index contributed by atoms with van der Waals surface area (Å²) in [6.45, 7) is 2.76. The van der Waals surface area contributed by atoms with Crippen molar-refractivity contribution in [2.24, 2.45) is 0 Å². The summed E-state index contributed by atoms with van der Waals surface area (Å²) in [5.74, 6) is -4.07. The molecule has 9 nitrogen and oxygen atoms in total. The number of hydrogen-bond acceptors (Lipinski definition) is 6. The third-order valence-electron chi connectivity index (χ3n) is 4.57. The van der Waals surface area contributed by atoms with E-state index in [-0.39, 0.29) is 0 Å². The standard InChI is InChI=1S/C17H18N2O7S/c1-16(2)11(12(21)22)19-13(23)17(15(24)25,14(19)27-16)18-10(20)8-26-9-6-4-3-5-7-9/h3-7,11,14H,8H2,1-2H3,(H,18,20)(H,21,22)(H,24,25)/t11-,14+,17?/m0/s1. The summed E-state index contributed by atoms with van der Waals surface area (Å²) in [6, 6.07) is 7.27. The van der Waals surface area contributed by atoms with Gasteiger partial charge in [-0.3, -0.25) is 9.59 Å². The van der Waals surface area contributed by atoms with Crippen molar-refractivity contribution in [3.63, 3.8) is 0 Å². The molecular formula is C17H18N2O7S. The first-order valence-electron chi connectivity index (χ1n) is 8.07. The maximum Gasteiger partial charge on any atom is 0.342 e. The van der Waals surface area contributed by atoms with Crippen LogP contribution in [-0.2, 0) is 19.2 Å². The lowest BCUT2D eigenvalue weighted by Crippen LogP contribution is -2.82. The Morgan fingerprint density at radius 3 is 2.41 bits per heavy atom. The second kappa shape index (κ2) is 6.45. The average Bonchev–Trinajstić information content (AvgIpc) is 2.87. The Kier molecular flexibility index (Phi) is 4.54. The van der Waals surface area contributed by atoms with Gasteiger partial charge in [-0.15, -0.1) is 11.8 Å². The number of ether oxygens (including phenoxy) is 1. The van der Waals surface area contributed by atoms with Gasteiger partial charge in [0.1, 0.15) is 17.2 Å². The summed E-state index contributed by atoms with van der Waals surface area (Å²) in [7, 11) is 0. The van der Waals surface area contributed by atoms with Gasteiger partial charge in [0.15, 0.2) is 6.61 Å². The van der Waals surface area contributed by atoms with Gasteiger partial charge in [0.25, 0.3) is 11.8 Å². The monoisotopic (exact) mass is 394 g/mol. The van der Waals surface area contributed by atoms with Gasteiger partial charge in [-0.05, 0) is 26.0 Å². The number of benzene rings is 1. The molecule has 2 amide bonds. The second-order valence-corrected chi connectivity index (χ2v) is 8.52. The van der Waals surface area contributed by atoms with Crippen LogP contribution in [0.25, 0.3) is 0 Å². The van der Waals surface area contributed by atoms with E-state index in [9.17, 15) is 29.4 Å². The lowest BCUT2D eigenvalue weighted by molar-refractivity contribution is -0.179. The average molecular weight is 394 g/mol. The van der Waals surface area contributed by atoms with Gasteiger partial charge in [-0.1, -0.05) is 18.2 Å². The zero-order chi connectivity index (χ0) is 20.0. The van der Waals surface area contributed by atoms with Gasteiger partial charge in [0.05, 0.1) is 0 Å². The normalized spacial score (nSPS) is 28.1. The third-order valence-corrected chi connectivity index (χ3v) is 6.20. The maximum absolute atomic E-state index is 12.6. The molecule has 2 saturated heterocycles. The van der Waals surface area contributed by atoms with Crippen LogP contribution in [0, 0.1) is 0 Å². The number of hydrogen-bond donors (Lipinski definition) is 3. The molecule has 3 N–H and O–H groups in total. The smallest absolute Gasteiger partial charge is 0.342 e. The number of amides is 2. The summed E-state index contributed by atoms with van der Waals surface area (Å²) in [5.41, 5.74) is -2.21. The van der Waals surface area contributed by atoms with E-state index in [4.69, 9.17) is 4.74 Å². The van der Waals surface area contributed by atoms with Crippen molar-refractivity contribution in [2.75, 3.05) is 6.61 Å². The lowest BCUT2D eigenvalue weighted by atomic mass is 9.84. The molecule has 0 spiro atoms. The Bertz CT molecular complexity index is 813. The summed E-state index contributed by atoms with van der Waals surface area (Å²) in [6.07, 6.45) is 0. The Morgan fingerprint density at radius 2 is 1.85 bits per heavy atom. The first kappa shape index (κ1) is 19.0. The molecular weight excluding hydrogens is 376 g/mol. The lowest BCUT2D eigenvalue weighted by Gasteiger charge is -2.50. The summed E-state index contributed by atoms with van der Waals surface area (Å²) < 4.78 is 4.37. The number of aliphatic carboxylic acids is 2. The summed E-state index contributed by atoms with van der Waals surface area (Å²) in [5, 5.41) is 20.3. The number of nitrogens with zero attached hydrogens (tertiary/aromatic N) is 1. The molecule has 2 fully saturated rings. The molecule has 2 aliphatic rings. The number of carbonyl (C=O) groups is 4. The highest BCUT2D eigenvalue weighted by molar-refractivity contribution is 8.01. The number of thioether (sulfide) groups is 1. The van der Waals surface area contributed by atoms with Crippen molar-refractivity contribution in [1.82, 2.24) is 10.2 Å². The van der Waals surface area contributed by atoms with Crippen LogP contribution in [0.5, 0.6) is 5.75 Å². The van der Waals surface area contributed by atoms with E-state index >= 15 is 0 Å². The van der Waals surface area contributed by atoms with Gasteiger partial charge in [0, 0.05) is 4.75 Å². The van der Waals surface area contributed by atoms with Crippen LogP contribution in [0.4, 0.5) is 0 Å². The van der Waals surface area contributed by atoms with Crippen LogP contribution in [0.1, 0.15) is 13.8 Å². The molecule has 1 aromatic carbocycles. The topological polar surface area (TPSA) is 133 Å². The SMILES string of the molecule is CC1(C)S[C@H]2N(C(=O)C2(NC(=O)COc2ccccc2)C(=O)O)[C@H]1C(=O)O. The highest BCUT2D eigenvalue weighted by atomic mass is 32.2. The Hall–Kier alpha value is -2.75. The molecule has 27 heavy (non-hydrogen) atoms. The van der Waals surface area contributed by atoms with Crippen molar-refractivity contribution in [3.8, 4) is 5.75 Å². The summed E-state index contributed by atoms with van der Waals surface area (Å²) in [4.78, 5) is 49.3. The first-order chi connectivity index (χ1) is 12.6. The maximum atomic E-state index is 12.6. The predicted molar refractivity (Wildman–Crippen MR) is 94.2 cm³/mol. The van der Waals surface area contributed by atoms with E-state index in [1.54, 1.807) is 44.2 Å². The number of carboxylic acids is 2. The number of carboxylic acid groups (broad SMARTS) is 2. The van der Waals surface area contributed by atoms with Crippen molar-refractivity contribution in [3.05, 3.63) is 30.3 Å². The molecule has 0 aliphatic carbocycles. The molecule has 3 atom stereocenters. The zero-order valence-corrected chi connectivity index (χ0v) is 15.4. The number of fused-ring (bicyclic) bond motifs is 1.